The van der Waals surface area contributed by atoms with E-state index in [9.17, 15) is 0 Å². The van der Waals surface area contributed by atoms with Crippen LogP contribution >= 0.6 is 0 Å². The van der Waals surface area contributed by atoms with Crippen molar-refractivity contribution in [3.63, 3.8) is 0 Å². The van der Waals surface area contributed by atoms with Gasteiger partial charge in [-0.3, -0.25) is 11.3 Å². The van der Waals surface area contributed by atoms with Crippen LogP contribution in [0.5, 0.6) is 0 Å². The second-order valence-electron chi connectivity index (χ2n) is 5.08. The van der Waals surface area contributed by atoms with Crippen molar-refractivity contribution < 1.29 is 4.42 Å². The van der Waals surface area contributed by atoms with Gasteiger partial charge in [-0.15, -0.1) is 0 Å². The van der Waals surface area contributed by atoms with Crippen molar-refractivity contribution in [1.29, 1.82) is 0 Å². The number of nitrogens with two attached hydrogens (primary N) is 1. The highest BCUT2D eigenvalue weighted by Gasteiger charge is 2.25. The third-order valence-corrected chi connectivity index (χ3v) is 3.84. The Balaban J connectivity index is 1.89. The molecule has 1 atom stereocenters. The third-order valence-electron chi connectivity index (χ3n) is 3.84. The summed E-state index contributed by atoms with van der Waals surface area (Å²) < 4.78 is 5.38. The average Bonchev–Trinajstić information content (AvgIpc) is 2.80. The fourth-order valence-electron chi connectivity index (χ4n) is 2.70. The molecule has 3 heteroatoms. The van der Waals surface area contributed by atoms with Gasteiger partial charge in [-0.2, -0.15) is 0 Å². The van der Waals surface area contributed by atoms with E-state index >= 15 is 0 Å². The van der Waals surface area contributed by atoms with E-state index in [4.69, 9.17) is 10.3 Å². The van der Waals surface area contributed by atoms with Gasteiger partial charge in [0.2, 0.25) is 0 Å². The zero-order chi connectivity index (χ0) is 11.4. The largest absolute Gasteiger partial charge is 0.469 e. The van der Waals surface area contributed by atoms with Gasteiger partial charge >= 0.3 is 0 Å². The van der Waals surface area contributed by atoms with Crippen LogP contribution in [0.3, 0.4) is 0 Å². The molecule has 90 valence electrons. The van der Waals surface area contributed by atoms with Gasteiger partial charge in [0, 0.05) is 12.5 Å². The fourth-order valence-corrected chi connectivity index (χ4v) is 2.70. The predicted molar refractivity (Wildman–Crippen MR) is 64.6 cm³/mol. The number of hydrogen-bond acceptors (Lipinski definition) is 3. The highest BCUT2D eigenvalue weighted by atomic mass is 16.3. The van der Waals surface area contributed by atoms with Gasteiger partial charge in [0.25, 0.3) is 0 Å². The molecule has 1 saturated carbocycles. The molecule has 1 aliphatic rings. The van der Waals surface area contributed by atoms with E-state index in [1.165, 1.54) is 25.7 Å². The van der Waals surface area contributed by atoms with Gasteiger partial charge in [-0.05, 0) is 36.8 Å². The topological polar surface area (TPSA) is 51.2 Å². The van der Waals surface area contributed by atoms with Crippen LogP contribution in [-0.2, 0) is 6.42 Å². The smallest absolute Gasteiger partial charge is 0.105 e. The summed E-state index contributed by atoms with van der Waals surface area (Å²) >= 11 is 0. The molecule has 0 amide bonds. The zero-order valence-electron chi connectivity index (χ0n) is 9.99. The molecule has 0 radical (unpaired) electrons. The molecule has 16 heavy (non-hydrogen) atoms. The van der Waals surface area contributed by atoms with Gasteiger partial charge in [0.15, 0.2) is 0 Å². The fraction of sp³-hybridized carbons (Fsp3) is 0.692. The summed E-state index contributed by atoms with van der Waals surface area (Å²) in [6.45, 7) is 2.34. The quantitative estimate of drug-likeness (QED) is 0.608. The summed E-state index contributed by atoms with van der Waals surface area (Å²) in [7, 11) is 0. The Labute approximate surface area is 97.4 Å². The molecule has 3 nitrogen and oxygen atoms in total. The van der Waals surface area contributed by atoms with E-state index < -0.39 is 0 Å². The second-order valence-corrected chi connectivity index (χ2v) is 5.08. The highest BCUT2D eigenvalue weighted by Crippen LogP contribution is 2.31. The van der Waals surface area contributed by atoms with E-state index in [1.54, 1.807) is 6.26 Å². The minimum atomic E-state index is 0.360. The third kappa shape index (κ3) is 2.86. The van der Waals surface area contributed by atoms with E-state index in [1.807, 2.05) is 12.1 Å². The van der Waals surface area contributed by atoms with E-state index in [0.717, 1.165) is 18.1 Å². The minimum absolute atomic E-state index is 0.360. The molecule has 0 aliphatic heterocycles. The Hall–Kier alpha value is -0.800. The summed E-state index contributed by atoms with van der Waals surface area (Å²) in [5, 5.41) is 0. The van der Waals surface area contributed by atoms with Crippen molar-refractivity contribution in [2.45, 2.75) is 45.1 Å². The van der Waals surface area contributed by atoms with Crippen molar-refractivity contribution in [1.82, 2.24) is 5.43 Å². The highest BCUT2D eigenvalue weighted by molar-refractivity contribution is 5.01. The molecule has 3 N–H and O–H groups in total. The molecular weight excluding hydrogens is 200 g/mol. The maximum absolute atomic E-state index is 5.66. The lowest BCUT2D eigenvalue weighted by Crippen LogP contribution is -2.43. The van der Waals surface area contributed by atoms with Gasteiger partial charge in [-0.1, -0.05) is 19.8 Å². The zero-order valence-corrected chi connectivity index (χ0v) is 9.99. The SMILES string of the molecule is CC1CCC(C(Cc2ccco2)NN)CC1. The number of hydrazine groups is 1. The van der Waals surface area contributed by atoms with Crippen molar-refractivity contribution in [3.8, 4) is 0 Å². The molecule has 1 heterocycles. The van der Waals surface area contributed by atoms with Crippen LogP contribution in [0.1, 0.15) is 38.4 Å². The monoisotopic (exact) mass is 222 g/mol. The number of nitrogens with one attached hydrogen (secondary N) is 1. The lowest BCUT2D eigenvalue weighted by atomic mass is 9.78. The van der Waals surface area contributed by atoms with Crippen molar-refractivity contribution in [3.05, 3.63) is 24.2 Å². The summed E-state index contributed by atoms with van der Waals surface area (Å²) in [6, 6.07) is 4.32. The van der Waals surface area contributed by atoms with Crippen LogP contribution in [-0.4, -0.2) is 6.04 Å². The molecule has 0 saturated heterocycles. The summed E-state index contributed by atoms with van der Waals surface area (Å²) in [5.74, 6) is 8.28. The van der Waals surface area contributed by atoms with Crippen LogP contribution in [0.4, 0.5) is 0 Å². The number of hydrogen-bond donors (Lipinski definition) is 2. The first kappa shape index (κ1) is 11.7. The molecule has 1 aromatic heterocycles. The lowest BCUT2D eigenvalue weighted by molar-refractivity contribution is 0.224. The molecule has 1 aromatic rings. The first-order valence-corrected chi connectivity index (χ1v) is 6.28. The predicted octanol–water partition coefficient (Wildman–Crippen LogP) is 2.48. The number of rotatable bonds is 4. The molecule has 0 aromatic carbocycles. The summed E-state index contributed by atoms with van der Waals surface area (Å²) in [6.07, 6.45) is 7.88. The van der Waals surface area contributed by atoms with Crippen LogP contribution in [0, 0.1) is 11.8 Å². The van der Waals surface area contributed by atoms with Crippen molar-refractivity contribution in [2.24, 2.45) is 17.7 Å². The first-order chi connectivity index (χ1) is 7.79. The minimum Gasteiger partial charge on any atom is -0.469 e. The number of furan rings is 1. The van der Waals surface area contributed by atoms with Crippen LogP contribution in [0.15, 0.2) is 22.8 Å². The average molecular weight is 222 g/mol. The van der Waals surface area contributed by atoms with Gasteiger partial charge < -0.3 is 4.42 Å². The Bertz CT molecular complexity index is 289. The molecule has 1 fully saturated rings. The molecule has 2 rings (SSSR count). The Morgan fingerprint density at radius 2 is 2.19 bits per heavy atom. The van der Waals surface area contributed by atoms with E-state index in [0.29, 0.717) is 12.0 Å². The standard InChI is InChI=1S/C13H22N2O/c1-10-4-6-11(7-5-10)13(15-14)9-12-3-2-8-16-12/h2-3,8,10-11,13,15H,4-7,9,14H2,1H3. The normalized spacial score (nSPS) is 27.9. The van der Waals surface area contributed by atoms with Gasteiger partial charge in [0.1, 0.15) is 5.76 Å². The van der Waals surface area contributed by atoms with E-state index in [2.05, 4.69) is 12.3 Å². The molecule has 1 unspecified atom stereocenters. The molecule has 1 aliphatic carbocycles. The van der Waals surface area contributed by atoms with Crippen LogP contribution < -0.4 is 11.3 Å². The van der Waals surface area contributed by atoms with Crippen LogP contribution in [0.2, 0.25) is 0 Å². The van der Waals surface area contributed by atoms with E-state index in [-0.39, 0.29) is 0 Å². The first-order valence-electron chi connectivity index (χ1n) is 6.28. The maximum atomic E-state index is 5.66. The molecular formula is C13H22N2O. The Morgan fingerprint density at radius 1 is 1.44 bits per heavy atom. The molecule has 0 spiro atoms. The second kappa shape index (κ2) is 5.51. The van der Waals surface area contributed by atoms with Crippen molar-refractivity contribution >= 4 is 0 Å². The maximum Gasteiger partial charge on any atom is 0.105 e. The van der Waals surface area contributed by atoms with Gasteiger partial charge in [0.05, 0.1) is 6.26 Å². The lowest BCUT2D eigenvalue weighted by Gasteiger charge is -2.32. The summed E-state index contributed by atoms with van der Waals surface area (Å²) in [4.78, 5) is 0. The van der Waals surface area contributed by atoms with Gasteiger partial charge in [-0.25, -0.2) is 0 Å². The summed E-state index contributed by atoms with van der Waals surface area (Å²) in [5.41, 5.74) is 2.96. The Morgan fingerprint density at radius 3 is 2.75 bits per heavy atom. The Kier molecular flexibility index (Phi) is 4.02. The molecule has 0 bridgehead atoms. The van der Waals surface area contributed by atoms with Crippen molar-refractivity contribution in [2.75, 3.05) is 0 Å². The van der Waals surface area contributed by atoms with Crippen LogP contribution in [0.25, 0.3) is 0 Å².